The molecule has 1 saturated heterocycles. The zero-order chi connectivity index (χ0) is 14.5. The molecule has 1 unspecified atom stereocenters. The standard InChI is InChI=1S/C14H22N2O4.Na/c17-12-6-9(8-16-12)4-5-15-13(18)10-2-1-3-11(7-10)14(19)20;/h9-11H,1-8H2,(H,15,18)(H,16,17)(H,19,20);/q;+1/p-1/t9?,10-,11+;/m1./s1. The van der Waals surface area contributed by atoms with Crippen molar-refractivity contribution >= 4 is 17.8 Å². The van der Waals surface area contributed by atoms with Crippen molar-refractivity contribution in [2.45, 2.75) is 38.5 Å². The van der Waals surface area contributed by atoms with Crippen LogP contribution in [0.1, 0.15) is 38.5 Å². The summed E-state index contributed by atoms with van der Waals surface area (Å²) in [5, 5.41) is 16.5. The molecule has 0 aromatic rings. The van der Waals surface area contributed by atoms with E-state index in [1.165, 1.54) is 0 Å². The molecule has 3 atom stereocenters. The Bertz CT molecular complexity index is 402. The van der Waals surface area contributed by atoms with Crippen LogP contribution in [0.15, 0.2) is 0 Å². The second-order valence-corrected chi connectivity index (χ2v) is 5.83. The summed E-state index contributed by atoms with van der Waals surface area (Å²) in [6, 6.07) is 0. The number of carbonyl (C=O) groups excluding carboxylic acids is 3. The van der Waals surface area contributed by atoms with Crippen LogP contribution in [0.4, 0.5) is 0 Å². The number of carboxylic acids is 1. The molecule has 6 nitrogen and oxygen atoms in total. The van der Waals surface area contributed by atoms with Gasteiger partial charge in [-0.2, -0.15) is 0 Å². The summed E-state index contributed by atoms with van der Waals surface area (Å²) in [6.07, 6.45) is 3.82. The number of aliphatic carboxylic acids is 1. The van der Waals surface area contributed by atoms with E-state index in [2.05, 4.69) is 10.6 Å². The Kier molecular flexibility index (Phi) is 7.70. The van der Waals surface area contributed by atoms with E-state index in [4.69, 9.17) is 0 Å². The minimum atomic E-state index is -1.04. The van der Waals surface area contributed by atoms with Gasteiger partial charge in [0, 0.05) is 31.4 Å². The molecular weight excluding hydrogens is 283 g/mol. The predicted octanol–water partition coefficient (Wildman–Crippen LogP) is -3.81. The predicted molar refractivity (Wildman–Crippen MR) is 69.2 cm³/mol. The van der Waals surface area contributed by atoms with Crippen LogP contribution in [0.5, 0.6) is 0 Å². The monoisotopic (exact) mass is 304 g/mol. The summed E-state index contributed by atoms with van der Waals surface area (Å²) in [4.78, 5) is 33.9. The maximum absolute atomic E-state index is 12.0. The zero-order valence-electron chi connectivity index (χ0n) is 12.5. The smallest absolute Gasteiger partial charge is 0.550 e. The topological polar surface area (TPSA) is 98.3 Å². The van der Waals surface area contributed by atoms with Gasteiger partial charge < -0.3 is 20.5 Å². The van der Waals surface area contributed by atoms with Gasteiger partial charge in [0.15, 0.2) is 0 Å². The summed E-state index contributed by atoms with van der Waals surface area (Å²) in [5.41, 5.74) is 0. The molecule has 0 spiro atoms. The molecule has 0 aromatic heterocycles. The molecule has 2 amide bonds. The van der Waals surface area contributed by atoms with E-state index in [-0.39, 0.29) is 47.3 Å². The molecule has 1 aliphatic carbocycles. The third-order valence-corrected chi connectivity index (χ3v) is 4.29. The van der Waals surface area contributed by atoms with Crippen molar-refractivity contribution in [3.63, 3.8) is 0 Å². The van der Waals surface area contributed by atoms with Gasteiger partial charge in [-0.3, -0.25) is 9.59 Å². The number of nitrogens with one attached hydrogen (secondary N) is 2. The van der Waals surface area contributed by atoms with Crippen LogP contribution in [0.3, 0.4) is 0 Å². The van der Waals surface area contributed by atoms with Gasteiger partial charge >= 0.3 is 29.6 Å². The molecule has 7 heteroatoms. The van der Waals surface area contributed by atoms with E-state index in [0.29, 0.717) is 38.3 Å². The molecule has 1 saturated carbocycles. The molecule has 2 aliphatic rings. The third kappa shape index (κ3) is 5.60. The number of rotatable bonds is 5. The largest absolute Gasteiger partial charge is 1.00 e. The van der Waals surface area contributed by atoms with E-state index >= 15 is 0 Å². The molecule has 0 radical (unpaired) electrons. The summed E-state index contributed by atoms with van der Waals surface area (Å²) in [5.74, 6) is -1.44. The van der Waals surface area contributed by atoms with E-state index < -0.39 is 11.9 Å². The van der Waals surface area contributed by atoms with Crippen molar-refractivity contribution in [1.82, 2.24) is 10.6 Å². The number of amides is 2. The first-order valence-corrected chi connectivity index (χ1v) is 7.31. The first kappa shape index (κ1) is 18.5. The molecule has 112 valence electrons. The number of hydrogen-bond donors (Lipinski definition) is 2. The first-order valence-electron chi connectivity index (χ1n) is 7.31. The van der Waals surface area contributed by atoms with Crippen LogP contribution >= 0.6 is 0 Å². The maximum Gasteiger partial charge on any atom is 1.00 e. The first-order chi connectivity index (χ1) is 9.56. The number of carboxylic acid groups (broad SMARTS) is 1. The van der Waals surface area contributed by atoms with E-state index in [9.17, 15) is 19.5 Å². The Balaban J connectivity index is 0.00000220. The van der Waals surface area contributed by atoms with Crippen LogP contribution in [-0.4, -0.2) is 30.9 Å². The molecule has 1 aliphatic heterocycles. The van der Waals surface area contributed by atoms with Gasteiger partial charge in [-0.05, 0) is 37.5 Å². The van der Waals surface area contributed by atoms with Crippen LogP contribution in [-0.2, 0) is 14.4 Å². The molecular formula is C14H21N2NaO4. The van der Waals surface area contributed by atoms with Gasteiger partial charge in [-0.1, -0.05) is 6.42 Å². The number of hydrogen-bond acceptors (Lipinski definition) is 4. The maximum atomic E-state index is 12.0. The van der Waals surface area contributed by atoms with Gasteiger partial charge in [-0.25, -0.2) is 0 Å². The van der Waals surface area contributed by atoms with Crippen LogP contribution < -0.4 is 45.3 Å². The Labute approximate surface area is 146 Å². The SMILES string of the molecule is O=C1CC(CCNC(=O)[C@@H]2CCC[C@H](C(=O)[O-])C2)CN1.[Na+]. The van der Waals surface area contributed by atoms with Gasteiger partial charge in [0.1, 0.15) is 0 Å². The van der Waals surface area contributed by atoms with Crippen LogP contribution in [0.25, 0.3) is 0 Å². The summed E-state index contributed by atoms with van der Waals surface area (Å²) in [7, 11) is 0. The Morgan fingerprint density at radius 3 is 2.62 bits per heavy atom. The van der Waals surface area contributed by atoms with Crippen molar-refractivity contribution in [3.05, 3.63) is 0 Å². The van der Waals surface area contributed by atoms with Gasteiger partial charge in [-0.15, -0.1) is 0 Å². The van der Waals surface area contributed by atoms with Gasteiger partial charge in [0.25, 0.3) is 0 Å². The average Bonchev–Trinajstić information content (AvgIpc) is 2.84. The van der Waals surface area contributed by atoms with E-state index in [1.54, 1.807) is 0 Å². The molecule has 2 fully saturated rings. The minimum absolute atomic E-state index is 0. The molecule has 2 rings (SSSR count). The second kappa shape index (κ2) is 8.76. The van der Waals surface area contributed by atoms with Crippen molar-refractivity contribution in [2.24, 2.45) is 17.8 Å². The minimum Gasteiger partial charge on any atom is -0.550 e. The fourth-order valence-corrected chi connectivity index (χ4v) is 3.05. The Morgan fingerprint density at radius 1 is 1.29 bits per heavy atom. The van der Waals surface area contributed by atoms with Crippen molar-refractivity contribution < 1.29 is 49.0 Å². The molecule has 0 aromatic carbocycles. The van der Waals surface area contributed by atoms with Crippen LogP contribution in [0.2, 0.25) is 0 Å². The molecule has 0 bridgehead atoms. The molecule has 21 heavy (non-hydrogen) atoms. The summed E-state index contributed by atoms with van der Waals surface area (Å²) in [6.45, 7) is 1.23. The zero-order valence-corrected chi connectivity index (χ0v) is 14.5. The Hall–Kier alpha value is -0.590. The Morgan fingerprint density at radius 2 is 2.00 bits per heavy atom. The molecule has 1 heterocycles. The van der Waals surface area contributed by atoms with E-state index in [0.717, 1.165) is 19.3 Å². The second-order valence-electron chi connectivity index (χ2n) is 5.83. The number of carbonyl (C=O) groups is 3. The van der Waals surface area contributed by atoms with E-state index in [1.807, 2.05) is 0 Å². The third-order valence-electron chi connectivity index (χ3n) is 4.29. The van der Waals surface area contributed by atoms with Crippen LogP contribution in [0, 0.1) is 17.8 Å². The van der Waals surface area contributed by atoms with Gasteiger partial charge in [0.05, 0.1) is 0 Å². The molecule has 2 N–H and O–H groups in total. The normalized spacial score (nSPS) is 28.4. The fourth-order valence-electron chi connectivity index (χ4n) is 3.05. The quantitative estimate of drug-likeness (QED) is 0.509. The average molecular weight is 304 g/mol. The fraction of sp³-hybridized carbons (Fsp3) is 0.786. The summed E-state index contributed by atoms with van der Waals surface area (Å²) < 4.78 is 0. The van der Waals surface area contributed by atoms with Crippen molar-refractivity contribution in [2.75, 3.05) is 13.1 Å². The van der Waals surface area contributed by atoms with Crippen molar-refractivity contribution in [1.29, 1.82) is 0 Å². The summed E-state index contributed by atoms with van der Waals surface area (Å²) >= 11 is 0. The van der Waals surface area contributed by atoms with Crippen molar-refractivity contribution in [3.8, 4) is 0 Å². The van der Waals surface area contributed by atoms with Gasteiger partial charge in [0.2, 0.25) is 11.8 Å².